The Morgan fingerprint density at radius 2 is 1.91 bits per heavy atom. The number of esters is 1. The van der Waals surface area contributed by atoms with E-state index in [-0.39, 0.29) is 12.5 Å². The molecule has 2 heterocycles. The average molecular weight is 504 g/mol. The zero-order valence-electron chi connectivity index (χ0n) is 19.1. The van der Waals surface area contributed by atoms with Crippen molar-refractivity contribution in [1.82, 2.24) is 10.2 Å². The van der Waals surface area contributed by atoms with Crippen LogP contribution in [0.2, 0.25) is 0 Å². The van der Waals surface area contributed by atoms with Crippen molar-refractivity contribution < 1.29 is 27.2 Å². The smallest absolute Gasteiger partial charge is 0.341 e. The zero-order chi connectivity index (χ0) is 24.5. The molecule has 1 amide bonds. The normalized spacial score (nSPS) is 13.4. The third-order valence-corrected chi connectivity index (χ3v) is 8.20. The van der Waals surface area contributed by atoms with E-state index in [9.17, 15) is 18.0 Å². The van der Waals surface area contributed by atoms with Crippen LogP contribution in [0.3, 0.4) is 0 Å². The van der Waals surface area contributed by atoms with Gasteiger partial charge in [0, 0.05) is 10.4 Å². The van der Waals surface area contributed by atoms with Gasteiger partial charge in [-0.2, -0.15) is 0 Å². The van der Waals surface area contributed by atoms with Crippen molar-refractivity contribution in [2.24, 2.45) is 0 Å². The van der Waals surface area contributed by atoms with Crippen LogP contribution < -0.4 is 5.32 Å². The maximum absolute atomic E-state index is 12.8. The Morgan fingerprint density at radius 3 is 2.65 bits per heavy atom. The second-order valence-corrected chi connectivity index (χ2v) is 11.1. The maximum atomic E-state index is 12.8. The Morgan fingerprint density at radius 1 is 1.15 bits per heavy atom. The van der Waals surface area contributed by atoms with E-state index >= 15 is 0 Å². The summed E-state index contributed by atoms with van der Waals surface area (Å²) in [7, 11) is -4.19. The van der Waals surface area contributed by atoms with Gasteiger partial charge in [0.1, 0.15) is 10.8 Å². The van der Waals surface area contributed by atoms with E-state index < -0.39 is 32.7 Å². The van der Waals surface area contributed by atoms with Gasteiger partial charge in [-0.1, -0.05) is 11.2 Å². The van der Waals surface area contributed by atoms with Crippen LogP contribution in [0.1, 0.15) is 51.7 Å². The molecule has 11 heteroatoms. The molecule has 180 valence electrons. The summed E-state index contributed by atoms with van der Waals surface area (Å²) in [6.45, 7) is 5.78. The molecule has 0 bridgehead atoms. The Kier molecular flexibility index (Phi) is 6.85. The number of carbonyl (C=O) groups excluding carboxylic acids is 2. The van der Waals surface area contributed by atoms with Crippen molar-refractivity contribution in [2.45, 2.75) is 51.7 Å². The standard InChI is InChI=1S/C23H25N3O6S2/c1-4-31-22(28)19-16-7-5-6-8-17(16)33-21(19)24-18(27)12-34(29,30)23-26-25-20(32-23)15-10-9-13(2)14(3)11-15/h9-11H,4-8,12H2,1-3H3,(H,24,27). The summed E-state index contributed by atoms with van der Waals surface area (Å²) in [6, 6.07) is 5.45. The number of hydrogen-bond donors (Lipinski definition) is 1. The number of benzene rings is 1. The Bertz CT molecular complexity index is 1360. The van der Waals surface area contributed by atoms with Gasteiger partial charge in [-0.05, 0) is 75.3 Å². The molecule has 0 spiro atoms. The number of aryl methyl sites for hydroxylation is 3. The molecule has 1 aromatic carbocycles. The van der Waals surface area contributed by atoms with E-state index in [2.05, 4.69) is 15.5 Å². The molecule has 9 nitrogen and oxygen atoms in total. The molecule has 0 atom stereocenters. The highest BCUT2D eigenvalue weighted by molar-refractivity contribution is 7.91. The Balaban J connectivity index is 1.53. The van der Waals surface area contributed by atoms with Crippen LogP contribution in [-0.4, -0.2) is 42.9 Å². The van der Waals surface area contributed by atoms with Crippen LogP contribution in [0.15, 0.2) is 27.8 Å². The molecule has 0 radical (unpaired) electrons. The van der Waals surface area contributed by atoms with Crippen molar-refractivity contribution >= 4 is 38.1 Å². The average Bonchev–Trinajstić information content (AvgIpc) is 3.41. The van der Waals surface area contributed by atoms with Crippen molar-refractivity contribution in [3.05, 3.63) is 45.3 Å². The van der Waals surface area contributed by atoms with Crippen LogP contribution in [0.4, 0.5) is 5.00 Å². The van der Waals surface area contributed by atoms with Crippen LogP contribution in [-0.2, 0) is 32.2 Å². The monoisotopic (exact) mass is 503 g/mol. The summed E-state index contributed by atoms with van der Waals surface area (Å²) in [6.07, 6.45) is 3.47. The number of carbonyl (C=O) groups is 2. The van der Waals surface area contributed by atoms with Crippen molar-refractivity contribution in [3.8, 4) is 11.5 Å². The second-order valence-electron chi connectivity index (χ2n) is 8.11. The van der Waals surface area contributed by atoms with Crippen LogP contribution in [0, 0.1) is 13.8 Å². The van der Waals surface area contributed by atoms with Crippen LogP contribution in [0.25, 0.3) is 11.5 Å². The fourth-order valence-corrected chi connectivity index (χ4v) is 6.00. The molecule has 3 aromatic rings. The first-order valence-corrected chi connectivity index (χ1v) is 13.4. The number of amides is 1. The highest BCUT2D eigenvalue weighted by Gasteiger charge is 2.30. The minimum absolute atomic E-state index is 0.0533. The third-order valence-electron chi connectivity index (χ3n) is 5.65. The molecule has 1 aliphatic carbocycles. The summed E-state index contributed by atoms with van der Waals surface area (Å²) >= 11 is 1.29. The molecule has 0 saturated carbocycles. The van der Waals surface area contributed by atoms with Crippen molar-refractivity contribution in [3.63, 3.8) is 0 Å². The van der Waals surface area contributed by atoms with Gasteiger partial charge >= 0.3 is 11.2 Å². The fourth-order valence-electron chi connectivity index (χ4n) is 3.80. The number of aromatic nitrogens is 2. The quantitative estimate of drug-likeness (QED) is 0.481. The number of anilines is 1. The minimum atomic E-state index is -4.19. The number of hydrogen-bond acceptors (Lipinski definition) is 9. The largest absolute Gasteiger partial charge is 0.462 e. The van der Waals surface area contributed by atoms with Gasteiger partial charge in [0.15, 0.2) is 0 Å². The summed E-state index contributed by atoms with van der Waals surface area (Å²) in [5, 5.41) is 9.75. The number of thiophene rings is 1. The predicted octanol–water partition coefficient (Wildman–Crippen LogP) is 3.88. The van der Waals surface area contributed by atoms with Gasteiger partial charge < -0.3 is 14.5 Å². The van der Waals surface area contributed by atoms with Crippen molar-refractivity contribution in [2.75, 3.05) is 17.7 Å². The number of ether oxygens (including phenoxy) is 1. The minimum Gasteiger partial charge on any atom is -0.462 e. The molecule has 4 rings (SSSR count). The van der Waals surface area contributed by atoms with Gasteiger partial charge in [0.2, 0.25) is 21.6 Å². The van der Waals surface area contributed by atoms with Crippen LogP contribution in [0.5, 0.6) is 0 Å². The SMILES string of the molecule is CCOC(=O)c1c(NC(=O)CS(=O)(=O)c2nnc(-c3ccc(C)c(C)c3)o2)sc2c1CCCC2. The topological polar surface area (TPSA) is 128 Å². The molecule has 0 saturated heterocycles. The Hall–Kier alpha value is -3.05. The second kappa shape index (κ2) is 9.67. The molecule has 1 N–H and O–H groups in total. The first-order valence-electron chi connectivity index (χ1n) is 10.9. The summed E-state index contributed by atoms with van der Waals surface area (Å²) in [5.74, 6) is -2.16. The maximum Gasteiger partial charge on any atom is 0.341 e. The summed E-state index contributed by atoms with van der Waals surface area (Å²) in [5.41, 5.74) is 3.86. The van der Waals surface area contributed by atoms with Crippen LogP contribution >= 0.6 is 11.3 Å². The molecule has 0 unspecified atom stereocenters. The van der Waals surface area contributed by atoms with Gasteiger partial charge in [-0.25, -0.2) is 13.2 Å². The van der Waals surface area contributed by atoms with Gasteiger partial charge in [0.05, 0.1) is 12.2 Å². The molecule has 0 aliphatic heterocycles. The van der Waals surface area contributed by atoms with Crippen molar-refractivity contribution in [1.29, 1.82) is 0 Å². The lowest BCUT2D eigenvalue weighted by Crippen LogP contribution is -2.24. The molecular formula is C23H25N3O6S2. The molecule has 0 fully saturated rings. The lowest BCUT2D eigenvalue weighted by molar-refractivity contribution is -0.113. The zero-order valence-corrected chi connectivity index (χ0v) is 20.8. The number of nitrogens with one attached hydrogen (secondary N) is 1. The molecular weight excluding hydrogens is 478 g/mol. The predicted molar refractivity (Wildman–Crippen MR) is 127 cm³/mol. The first kappa shape index (κ1) is 24.1. The molecule has 2 aromatic heterocycles. The number of fused-ring (bicyclic) bond motifs is 1. The van der Waals surface area contributed by atoms with E-state index in [1.807, 2.05) is 26.0 Å². The van der Waals surface area contributed by atoms with Gasteiger partial charge in [-0.15, -0.1) is 16.4 Å². The highest BCUT2D eigenvalue weighted by atomic mass is 32.2. The summed E-state index contributed by atoms with van der Waals surface area (Å²) < 4.78 is 36.1. The van der Waals surface area contributed by atoms with E-state index in [4.69, 9.17) is 9.15 Å². The van der Waals surface area contributed by atoms with E-state index in [1.54, 1.807) is 13.0 Å². The van der Waals surface area contributed by atoms with Gasteiger partial charge in [0.25, 0.3) is 0 Å². The lowest BCUT2D eigenvalue weighted by Gasteiger charge is -2.12. The van der Waals surface area contributed by atoms with E-state index in [1.165, 1.54) is 11.3 Å². The first-order chi connectivity index (χ1) is 16.2. The van der Waals surface area contributed by atoms with E-state index in [0.717, 1.165) is 47.3 Å². The molecule has 34 heavy (non-hydrogen) atoms. The highest BCUT2D eigenvalue weighted by Crippen LogP contribution is 2.38. The Labute approximate surface area is 201 Å². The number of nitrogens with zero attached hydrogens (tertiary/aromatic N) is 2. The van der Waals surface area contributed by atoms with E-state index in [0.29, 0.717) is 16.1 Å². The number of sulfone groups is 1. The number of rotatable bonds is 7. The lowest BCUT2D eigenvalue weighted by atomic mass is 9.95. The summed E-state index contributed by atoms with van der Waals surface area (Å²) in [4.78, 5) is 26.2. The third kappa shape index (κ3) is 4.90. The fraction of sp³-hybridized carbons (Fsp3) is 0.391. The van der Waals surface area contributed by atoms with Gasteiger partial charge in [-0.3, -0.25) is 4.79 Å². The molecule has 1 aliphatic rings.